The Morgan fingerprint density at radius 1 is 1.37 bits per heavy atom. The molecule has 0 heterocycles. The highest BCUT2D eigenvalue weighted by Crippen LogP contribution is 2.26. The van der Waals surface area contributed by atoms with Crippen LogP contribution in [-0.2, 0) is 0 Å². The number of hydrogen-bond acceptors (Lipinski definition) is 2. The molecule has 0 radical (unpaired) electrons. The minimum absolute atomic E-state index is 0.123. The third kappa shape index (κ3) is 5.43. The zero-order valence-electron chi connectivity index (χ0n) is 12.5. The van der Waals surface area contributed by atoms with Gasteiger partial charge in [0.05, 0.1) is 7.11 Å². The van der Waals surface area contributed by atoms with Crippen LogP contribution in [0.5, 0.6) is 5.75 Å². The van der Waals surface area contributed by atoms with Crippen molar-refractivity contribution in [3.63, 3.8) is 0 Å². The van der Waals surface area contributed by atoms with E-state index in [9.17, 15) is 4.39 Å². The van der Waals surface area contributed by atoms with E-state index < -0.39 is 0 Å². The summed E-state index contributed by atoms with van der Waals surface area (Å²) in [4.78, 5) is 0. The fourth-order valence-electron chi connectivity index (χ4n) is 1.83. The smallest absolute Gasteiger partial charge is 0.126 e. The molecule has 0 aliphatic rings. The number of allylic oxidation sites excluding steroid dienone is 1. The quantitative estimate of drug-likeness (QED) is 0.812. The molecule has 0 saturated carbocycles. The molecule has 1 aromatic rings. The van der Waals surface area contributed by atoms with Gasteiger partial charge in [-0.25, -0.2) is 4.39 Å². The summed E-state index contributed by atoms with van der Waals surface area (Å²) in [6, 6.07) is 4.59. The van der Waals surface area contributed by atoms with E-state index in [1.54, 1.807) is 13.2 Å². The topological polar surface area (TPSA) is 21.3 Å². The number of nitrogens with one attached hydrogen (secondary N) is 1. The number of methoxy groups -OCH3 is 1. The van der Waals surface area contributed by atoms with Gasteiger partial charge in [0.25, 0.3) is 0 Å². The van der Waals surface area contributed by atoms with Crippen molar-refractivity contribution < 1.29 is 9.13 Å². The van der Waals surface area contributed by atoms with Crippen molar-refractivity contribution in [2.75, 3.05) is 13.7 Å². The molecule has 106 valence electrons. The number of rotatable bonds is 5. The maximum atomic E-state index is 13.3. The summed E-state index contributed by atoms with van der Waals surface area (Å²) in [6.07, 6.45) is 3.01. The van der Waals surface area contributed by atoms with Gasteiger partial charge in [0.1, 0.15) is 11.6 Å². The zero-order chi connectivity index (χ0) is 14.5. The Kier molecular flexibility index (Phi) is 5.55. The fraction of sp³-hybridized carbons (Fsp3) is 0.500. The molecule has 0 aromatic heterocycles. The first-order chi connectivity index (χ1) is 8.83. The van der Waals surface area contributed by atoms with Crippen molar-refractivity contribution in [1.29, 1.82) is 0 Å². The molecule has 1 N–H and O–H groups in total. The Balaban J connectivity index is 2.71. The summed E-state index contributed by atoms with van der Waals surface area (Å²) in [5.41, 5.74) is 1.98. The van der Waals surface area contributed by atoms with Gasteiger partial charge >= 0.3 is 0 Å². The summed E-state index contributed by atoms with van der Waals surface area (Å²) < 4.78 is 18.6. The van der Waals surface area contributed by atoms with Crippen LogP contribution in [0.3, 0.4) is 0 Å². The van der Waals surface area contributed by atoms with E-state index in [1.165, 1.54) is 12.1 Å². The lowest BCUT2D eigenvalue weighted by Gasteiger charge is -2.19. The third-order valence-electron chi connectivity index (χ3n) is 2.84. The van der Waals surface area contributed by atoms with Crippen molar-refractivity contribution in [2.45, 2.75) is 39.7 Å². The third-order valence-corrected chi connectivity index (χ3v) is 2.84. The van der Waals surface area contributed by atoms with E-state index in [0.717, 1.165) is 24.1 Å². The van der Waals surface area contributed by atoms with Crippen molar-refractivity contribution in [3.8, 4) is 5.75 Å². The van der Waals surface area contributed by atoms with Gasteiger partial charge in [-0.05, 0) is 64.4 Å². The maximum absolute atomic E-state index is 13.3. The Morgan fingerprint density at radius 2 is 2.05 bits per heavy atom. The molecule has 0 spiro atoms. The molecular formula is C16H24FNO. The molecule has 1 rings (SSSR count). The van der Waals surface area contributed by atoms with Crippen LogP contribution in [0.25, 0.3) is 5.57 Å². The average Bonchev–Trinajstić information content (AvgIpc) is 2.33. The Labute approximate surface area is 115 Å². The molecule has 0 bridgehead atoms. The van der Waals surface area contributed by atoms with Crippen LogP contribution in [0, 0.1) is 5.82 Å². The highest BCUT2D eigenvalue weighted by atomic mass is 19.1. The van der Waals surface area contributed by atoms with Crippen LogP contribution < -0.4 is 10.1 Å². The molecule has 0 atom stereocenters. The lowest BCUT2D eigenvalue weighted by molar-refractivity contribution is 0.412. The minimum atomic E-state index is -0.239. The van der Waals surface area contributed by atoms with Crippen molar-refractivity contribution in [3.05, 3.63) is 35.7 Å². The van der Waals surface area contributed by atoms with Gasteiger partial charge in [-0.3, -0.25) is 0 Å². The summed E-state index contributed by atoms with van der Waals surface area (Å²) in [5.74, 6) is 0.468. The van der Waals surface area contributed by atoms with E-state index in [-0.39, 0.29) is 11.4 Å². The second kappa shape index (κ2) is 6.71. The van der Waals surface area contributed by atoms with E-state index in [4.69, 9.17) is 4.74 Å². The highest BCUT2D eigenvalue weighted by Gasteiger charge is 2.08. The molecule has 3 heteroatoms. The standard InChI is InChI=1S/C16H24FNO/c1-12(7-6-10-18-16(2,3)4)14-11-13(17)8-9-15(14)19-5/h7-9,11,18H,6,10H2,1-5H3/b12-7+. The SMILES string of the molecule is COc1ccc(F)cc1/C(C)=C/CCNC(C)(C)C. The van der Waals surface area contributed by atoms with Crippen LogP contribution >= 0.6 is 0 Å². The second-order valence-corrected chi connectivity index (χ2v) is 5.70. The largest absolute Gasteiger partial charge is 0.496 e. The van der Waals surface area contributed by atoms with E-state index in [0.29, 0.717) is 5.75 Å². The van der Waals surface area contributed by atoms with E-state index in [1.807, 2.05) is 6.92 Å². The van der Waals surface area contributed by atoms with Crippen LogP contribution in [0.4, 0.5) is 4.39 Å². The Hall–Kier alpha value is -1.35. The first-order valence-electron chi connectivity index (χ1n) is 6.59. The van der Waals surface area contributed by atoms with Gasteiger partial charge in [0.2, 0.25) is 0 Å². The molecule has 0 aliphatic heterocycles. The molecule has 0 amide bonds. The van der Waals surface area contributed by atoms with Gasteiger partial charge in [-0.15, -0.1) is 0 Å². The monoisotopic (exact) mass is 265 g/mol. The van der Waals surface area contributed by atoms with E-state index >= 15 is 0 Å². The van der Waals surface area contributed by atoms with Gasteiger partial charge in [-0.2, -0.15) is 0 Å². The summed E-state index contributed by atoms with van der Waals surface area (Å²) >= 11 is 0. The van der Waals surface area contributed by atoms with Crippen LogP contribution in [0.15, 0.2) is 24.3 Å². The van der Waals surface area contributed by atoms with Gasteiger partial charge < -0.3 is 10.1 Å². The molecular weight excluding hydrogens is 241 g/mol. The van der Waals surface area contributed by atoms with Crippen LogP contribution in [-0.4, -0.2) is 19.2 Å². The first kappa shape index (κ1) is 15.7. The average molecular weight is 265 g/mol. The van der Waals surface area contributed by atoms with Crippen LogP contribution in [0.2, 0.25) is 0 Å². The number of halogens is 1. The first-order valence-corrected chi connectivity index (χ1v) is 6.59. The predicted molar refractivity (Wildman–Crippen MR) is 79.0 cm³/mol. The Bertz CT molecular complexity index is 447. The molecule has 0 aliphatic carbocycles. The predicted octanol–water partition coefficient (Wildman–Crippen LogP) is 4.02. The van der Waals surface area contributed by atoms with Crippen molar-refractivity contribution >= 4 is 5.57 Å². The van der Waals surface area contributed by atoms with Gasteiger partial charge in [0, 0.05) is 11.1 Å². The molecule has 0 fully saturated rings. The lowest BCUT2D eigenvalue weighted by atomic mass is 10.0. The normalized spacial score (nSPS) is 12.6. The summed E-state index contributed by atoms with van der Waals surface area (Å²) in [7, 11) is 1.60. The molecule has 19 heavy (non-hydrogen) atoms. The molecule has 0 saturated heterocycles. The zero-order valence-corrected chi connectivity index (χ0v) is 12.5. The maximum Gasteiger partial charge on any atom is 0.126 e. The van der Waals surface area contributed by atoms with E-state index in [2.05, 4.69) is 32.2 Å². The minimum Gasteiger partial charge on any atom is -0.496 e. The Morgan fingerprint density at radius 3 is 2.63 bits per heavy atom. The number of benzene rings is 1. The van der Waals surface area contributed by atoms with Crippen LogP contribution in [0.1, 0.15) is 39.7 Å². The van der Waals surface area contributed by atoms with Crippen molar-refractivity contribution in [2.24, 2.45) is 0 Å². The summed E-state index contributed by atoms with van der Waals surface area (Å²) in [6.45, 7) is 9.30. The molecule has 2 nitrogen and oxygen atoms in total. The fourth-order valence-corrected chi connectivity index (χ4v) is 1.83. The van der Waals surface area contributed by atoms with Gasteiger partial charge in [-0.1, -0.05) is 6.08 Å². The molecule has 1 aromatic carbocycles. The lowest BCUT2D eigenvalue weighted by Crippen LogP contribution is -2.36. The second-order valence-electron chi connectivity index (χ2n) is 5.70. The highest BCUT2D eigenvalue weighted by molar-refractivity contribution is 5.69. The van der Waals surface area contributed by atoms with Crippen molar-refractivity contribution in [1.82, 2.24) is 5.32 Å². The van der Waals surface area contributed by atoms with Gasteiger partial charge in [0.15, 0.2) is 0 Å². The number of hydrogen-bond donors (Lipinski definition) is 1. The summed E-state index contributed by atoms with van der Waals surface area (Å²) in [5, 5.41) is 3.42. The molecule has 0 unspecified atom stereocenters. The number of ether oxygens (including phenoxy) is 1.